The van der Waals surface area contributed by atoms with Crippen LogP contribution in [-0.4, -0.2) is 0 Å². The van der Waals surface area contributed by atoms with E-state index in [4.69, 9.17) is 17.3 Å². The van der Waals surface area contributed by atoms with Crippen LogP contribution >= 0.6 is 27.5 Å². The summed E-state index contributed by atoms with van der Waals surface area (Å²) in [6.07, 6.45) is 6.42. The van der Waals surface area contributed by atoms with Gasteiger partial charge >= 0.3 is 0 Å². The number of hydrogen-bond acceptors (Lipinski definition) is 1. The summed E-state index contributed by atoms with van der Waals surface area (Å²) >= 11 is 9.81. The van der Waals surface area contributed by atoms with E-state index in [0.29, 0.717) is 5.92 Å². The summed E-state index contributed by atoms with van der Waals surface area (Å²) in [4.78, 5) is 0. The molecular weight excluding hydrogens is 310 g/mol. The summed E-state index contributed by atoms with van der Waals surface area (Å²) in [6, 6.07) is 6.12. The maximum absolute atomic E-state index is 6.42. The van der Waals surface area contributed by atoms with Gasteiger partial charge in [0.2, 0.25) is 0 Å². The van der Waals surface area contributed by atoms with Gasteiger partial charge in [0, 0.05) is 10.5 Å². The normalized spacial score (nSPS) is 26.0. The Morgan fingerprint density at radius 3 is 2.61 bits per heavy atom. The molecule has 0 heterocycles. The molecule has 1 aromatic carbocycles. The van der Waals surface area contributed by atoms with Gasteiger partial charge in [-0.3, -0.25) is 0 Å². The first kappa shape index (κ1) is 14.4. The molecule has 0 saturated heterocycles. The van der Waals surface area contributed by atoms with Gasteiger partial charge in [-0.25, -0.2) is 0 Å². The molecule has 100 valence electrons. The quantitative estimate of drug-likeness (QED) is 0.797. The molecule has 1 aromatic rings. The van der Waals surface area contributed by atoms with E-state index >= 15 is 0 Å². The Morgan fingerprint density at radius 1 is 1.33 bits per heavy atom. The maximum Gasteiger partial charge on any atom is 0.0595 e. The largest absolute Gasteiger partial charge is 0.324 e. The van der Waals surface area contributed by atoms with Crippen LogP contribution in [0, 0.1) is 11.8 Å². The molecule has 1 aliphatic carbocycles. The molecule has 1 atom stereocenters. The Labute approximate surface area is 123 Å². The predicted molar refractivity (Wildman–Crippen MR) is 81.8 cm³/mol. The van der Waals surface area contributed by atoms with Gasteiger partial charge in [0.25, 0.3) is 0 Å². The fourth-order valence-electron chi connectivity index (χ4n) is 2.99. The zero-order valence-corrected chi connectivity index (χ0v) is 13.2. The second-order valence-electron chi connectivity index (χ2n) is 5.36. The summed E-state index contributed by atoms with van der Waals surface area (Å²) < 4.78 is 0.944. The fourth-order valence-corrected chi connectivity index (χ4v) is 3.62. The Balaban J connectivity index is 2.08. The van der Waals surface area contributed by atoms with Crippen molar-refractivity contribution in [2.24, 2.45) is 17.6 Å². The van der Waals surface area contributed by atoms with Crippen LogP contribution in [0.15, 0.2) is 22.7 Å². The first-order valence-corrected chi connectivity index (χ1v) is 8.00. The van der Waals surface area contributed by atoms with Gasteiger partial charge in [-0.1, -0.05) is 49.9 Å². The number of hydrogen-bond donors (Lipinski definition) is 1. The van der Waals surface area contributed by atoms with Crippen LogP contribution in [0.2, 0.25) is 5.02 Å². The number of benzene rings is 1. The van der Waals surface area contributed by atoms with E-state index < -0.39 is 0 Å². The minimum atomic E-state index is 0.0767. The molecule has 0 bridgehead atoms. The highest BCUT2D eigenvalue weighted by atomic mass is 79.9. The first-order valence-electron chi connectivity index (χ1n) is 6.83. The monoisotopic (exact) mass is 329 g/mol. The van der Waals surface area contributed by atoms with E-state index in [1.807, 2.05) is 12.1 Å². The lowest BCUT2D eigenvalue weighted by atomic mass is 9.76. The molecule has 1 unspecified atom stereocenters. The zero-order valence-electron chi connectivity index (χ0n) is 10.8. The van der Waals surface area contributed by atoms with Crippen LogP contribution in [0.1, 0.15) is 50.6 Å². The van der Waals surface area contributed by atoms with Crippen LogP contribution in [0.5, 0.6) is 0 Å². The standard InChI is InChI=1S/C15H21BrClN/c1-2-10-6-8-11(9-7-10)15(18)12-4-3-5-13(16)14(12)17/h3-5,10-11,15H,2,6-9,18H2,1H3. The lowest BCUT2D eigenvalue weighted by Crippen LogP contribution is -2.26. The van der Waals surface area contributed by atoms with Gasteiger partial charge in [0.15, 0.2) is 0 Å². The van der Waals surface area contributed by atoms with Crippen LogP contribution in [0.4, 0.5) is 0 Å². The van der Waals surface area contributed by atoms with Crippen LogP contribution in [-0.2, 0) is 0 Å². The SMILES string of the molecule is CCC1CCC(C(N)c2cccc(Br)c2Cl)CC1. The Kier molecular flexibility index (Phi) is 5.11. The lowest BCUT2D eigenvalue weighted by Gasteiger charge is -2.32. The fraction of sp³-hybridized carbons (Fsp3) is 0.600. The third-order valence-electron chi connectivity index (χ3n) is 4.32. The third kappa shape index (κ3) is 3.09. The molecule has 2 N–H and O–H groups in total. The van der Waals surface area contributed by atoms with E-state index in [9.17, 15) is 0 Å². The molecular formula is C15H21BrClN. The highest BCUT2D eigenvalue weighted by Gasteiger charge is 2.27. The third-order valence-corrected chi connectivity index (χ3v) is 5.63. The van der Waals surface area contributed by atoms with E-state index in [-0.39, 0.29) is 6.04 Å². The summed E-state index contributed by atoms with van der Waals surface area (Å²) in [7, 11) is 0. The molecule has 18 heavy (non-hydrogen) atoms. The van der Waals surface area contributed by atoms with Gasteiger partial charge in [0.05, 0.1) is 5.02 Å². The second kappa shape index (κ2) is 6.40. The smallest absolute Gasteiger partial charge is 0.0595 e. The molecule has 3 heteroatoms. The number of rotatable bonds is 3. The highest BCUT2D eigenvalue weighted by Crippen LogP contribution is 2.39. The van der Waals surface area contributed by atoms with Crippen molar-refractivity contribution < 1.29 is 0 Å². The second-order valence-corrected chi connectivity index (χ2v) is 6.59. The lowest BCUT2D eigenvalue weighted by molar-refractivity contribution is 0.240. The van der Waals surface area contributed by atoms with Crippen LogP contribution < -0.4 is 5.73 Å². The molecule has 0 radical (unpaired) electrons. The first-order chi connectivity index (χ1) is 8.63. The average Bonchev–Trinajstić information content (AvgIpc) is 2.41. The number of halogens is 2. The number of nitrogens with two attached hydrogens (primary N) is 1. The molecule has 1 aliphatic rings. The summed E-state index contributed by atoms with van der Waals surface area (Å²) in [6.45, 7) is 2.29. The van der Waals surface area contributed by atoms with E-state index in [0.717, 1.165) is 21.0 Å². The Hall–Kier alpha value is -0.0500. The summed E-state index contributed by atoms with van der Waals surface area (Å²) in [5, 5.41) is 0.780. The van der Waals surface area contributed by atoms with Crippen molar-refractivity contribution in [1.29, 1.82) is 0 Å². The van der Waals surface area contributed by atoms with E-state index in [1.165, 1.54) is 32.1 Å². The van der Waals surface area contributed by atoms with Crippen LogP contribution in [0.25, 0.3) is 0 Å². The molecule has 1 nitrogen and oxygen atoms in total. The van der Waals surface area contributed by atoms with Crippen molar-refractivity contribution in [3.63, 3.8) is 0 Å². The van der Waals surface area contributed by atoms with Crippen molar-refractivity contribution in [3.05, 3.63) is 33.3 Å². The van der Waals surface area contributed by atoms with Crippen molar-refractivity contribution >= 4 is 27.5 Å². The topological polar surface area (TPSA) is 26.0 Å². The molecule has 2 rings (SSSR count). The summed E-state index contributed by atoms with van der Waals surface area (Å²) in [5.41, 5.74) is 7.51. The minimum Gasteiger partial charge on any atom is -0.324 e. The molecule has 1 saturated carbocycles. The van der Waals surface area contributed by atoms with Crippen molar-refractivity contribution in [1.82, 2.24) is 0 Å². The Morgan fingerprint density at radius 2 is 2.00 bits per heavy atom. The molecule has 1 fully saturated rings. The maximum atomic E-state index is 6.42. The van der Waals surface area contributed by atoms with E-state index in [2.05, 4.69) is 28.9 Å². The van der Waals surface area contributed by atoms with Gasteiger partial charge in [-0.2, -0.15) is 0 Å². The zero-order chi connectivity index (χ0) is 13.1. The molecule has 0 spiro atoms. The summed E-state index contributed by atoms with van der Waals surface area (Å²) in [5.74, 6) is 1.49. The van der Waals surface area contributed by atoms with Crippen LogP contribution in [0.3, 0.4) is 0 Å². The predicted octanol–water partition coefficient (Wildman–Crippen LogP) is 5.32. The van der Waals surface area contributed by atoms with E-state index in [1.54, 1.807) is 0 Å². The van der Waals surface area contributed by atoms with Gasteiger partial charge in [-0.15, -0.1) is 0 Å². The molecule has 0 aliphatic heterocycles. The Bertz CT molecular complexity index is 399. The average molecular weight is 331 g/mol. The molecule has 0 aromatic heterocycles. The molecule has 0 amide bonds. The van der Waals surface area contributed by atoms with Gasteiger partial charge < -0.3 is 5.73 Å². The van der Waals surface area contributed by atoms with Crippen molar-refractivity contribution in [2.75, 3.05) is 0 Å². The minimum absolute atomic E-state index is 0.0767. The van der Waals surface area contributed by atoms with Gasteiger partial charge in [0.1, 0.15) is 0 Å². The highest BCUT2D eigenvalue weighted by molar-refractivity contribution is 9.10. The van der Waals surface area contributed by atoms with Gasteiger partial charge in [-0.05, 0) is 52.2 Å². The van der Waals surface area contributed by atoms with Crippen molar-refractivity contribution in [2.45, 2.75) is 45.1 Å². The van der Waals surface area contributed by atoms with Crippen molar-refractivity contribution in [3.8, 4) is 0 Å².